The van der Waals surface area contributed by atoms with Crippen molar-refractivity contribution in [2.75, 3.05) is 12.5 Å². The highest BCUT2D eigenvalue weighted by Crippen LogP contribution is 2.26. The number of nitrogens with one attached hydrogen (secondary N) is 2. The molecule has 0 fully saturated rings. The van der Waals surface area contributed by atoms with Crippen LogP contribution in [-0.2, 0) is 4.79 Å². The molecule has 1 amide bonds. The average Bonchev–Trinajstić information content (AvgIpc) is 2.75. The number of hydrogen-bond donors (Lipinski definition) is 2. The van der Waals surface area contributed by atoms with Crippen molar-refractivity contribution in [3.8, 4) is 11.8 Å². The Labute approximate surface area is 168 Å². The number of fused-ring (bicyclic) bond motifs is 1. The van der Waals surface area contributed by atoms with Gasteiger partial charge >= 0.3 is 5.91 Å². The van der Waals surface area contributed by atoms with Crippen molar-refractivity contribution >= 4 is 34.3 Å². The number of hydrogen-bond acceptors (Lipinski definition) is 6. The summed E-state index contributed by atoms with van der Waals surface area (Å²) in [4.78, 5) is 12.2. The summed E-state index contributed by atoms with van der Waals surface area (Å²) < 4.78 is 5.39. The summed E-state index contributed by atoms with van der Waals surface area (Å²) in [5, 5.41) is 19.0. The minimum atomic E-state index is -0.720. The van der Waals surface area contributed by atoms with Crippen molar-refractivity contribution < 1.29 is 9.53 Å². The second kappa shape index (κ2) is 9.15. The second-order valence-electron chi connectivity index (χ2n) is 6.15. The van der Waals surface area contributed by atoms with Gasteiger partial charge in [-0.05, 0) is 35.9 Å². The molecule has 0 aliphatic rings. The van der Waals surface area contributed by atoms with Crippen LogP contribution in [0.2, 0.25) is 0 Å². The lowest BCUT2D eigenvalue weighted by atomic mass is 10.0. The van der Waals surface area contributed by atoms with Crippen molar-refractivity contribution in [3.63, 3.8) is 0 Å². The topological polar surface area (TPSA) is 98.9 Å². The lowest BCUT2D eigenvalue weighted by Gasteiger charge is -2.08. The molecule has 7 nitrogen and oxygen atoms in total. The molecule has 0 aromatic heterocycles. The maximum absolute atomic E-state index is 12.2. The van der Waals surface area contributed by atoms with E-state index in [1.165, 1.54) is 6.21 Å². The minimum Gasteiger partial charge on any atom is -0.496 e. The molecule has 0 spiro atoms. The molecule has 29 heavy (non-hydrogen) atoms. The predicted molar refractivity (Wildman–Crippen MR) is 114 cm³/mol. The zero-order chi connectivity index (χ0) is 20.6. The number of benzene rings is 3. The van der Waals surface area contributed by atoms with Crippen LogP contribution in [0.15, 0.2) is 70.9 Å². The van der Waals surface area contributed by atoms with Crippen molar-refractivity contribution in [3.05, 3.63) is 71.8 Å². The number of methoxy groups -OCH3 is 1. The fraction of sp³-hybridized carbons (Fsp3) is 0.0909. The number of aryl methyl sites for hydroxylation is 1. The molecular formula is C22H19N5O2. The monoisotopic (exact) mass is 385 g/mol. The van der Waals surface area contributed by atoms with Crippen LogP contribution in [0.1, 0.15) is 11.1 Å². The summed E-state index contributed by atoms with van der Waals surface area (Å²) in [5.74, 6) is -0.0977. The van der Waals surface area contributed by atoms with Crippen molar-refractivity contribution in [2.45, 2.75) is 6.92 Å². The van der Waals surface area contributed by atoms with Crippen molar-refractivity contribution in [1.82, 2.24) is 5.43 Å². The van der Waals surface area contributed by atoms with Crippen LogP contribution in [0, 0.1) is 18.3 Å². The first-order valence-corrected chi connectivity index (χ1v) is 8.82. The summed E-state index contributed by atoms with van der Waals surface area (Å²) in [5.41, 5.74) is 7.15. The van der Waals surface area contributed by atoms with Gasteiger partial charge < -0.3 is 4.74 Å². The third kappa shape index (κ3) is 4.76. The maximum atomic E-state index is 12.2. The fourth-order valence-corrected chi connectivity index (χ4v) is 2.67. The number of nitriles is 1. The van der Waals surface area contributed by atoms with Gasteiger partial charge in [-0.3, -0.25) is 10.2 Å². The van der Waals surface area contributed by atoms with E-state index in [2.05, 4.69) is 21.1 Å². The first kappa shape index (κ1) is 19.6. The maximum Gasteiger partial charge on any atom is 0.302 e. The van der Waals surface area contributed by atoms with Crippen LogP contribution in [0.5, 0.6) is 5.75 Å². The number of amides is 1. The molecule has 0 radical (unpaired) electrons. The minimum absolute atomic E-state index is 0.340. The van der Waals surface area contributed by atoms with E-state index in [-0.39, 0.29) is 5.71 Å². The predicted octanol–water partition coefficient (Wildman–Crippen LogP) is 3.60. The Bertz CT molecular complexity index is 1130. The number of carbonyl (C=O) groups is 1. The number of hydrazone groups is 2. The van der Waals surface area contributed by atoms with Crippen LogP contribution in [0.4, 0.5) is 5.69 Å². The lowest BCUT2D eigenvalue weighted by Crippen LogP contribution is -2.26. The standard InChI is InChI=1S/C22H19N5O2/c1-15-7-10-17(11-8-15)25-26-20(13-23)22(28)27-24-14-19-18-6-4-3-5-16(18)9-12-21(19)29-2/h3-12,14,25H,1-2H3,(H,27,28)/b24-14+,26-20-. The summed E-state index contributed by atoms with van der Waals surface area (Å²) >= 11 is 0. The molecule has 2 N–H and O–H groups in total. The van der Waals surface area contributed by atoms with Gasteiger partial charge in [-0.1, -0.05) is 48.0 Å². The largest absolute Gasteiger partial charge is 0.496 e. The first-order valence-electron chi connectivity index (χ1n) is 8.82. The zero-order valence-corrected chi connectivity index (χ0v) is 16.0. The van der Waals surface area contributed by atoms with Gasteiger partial charge in [-0.2, -0.15) is 15.5 Å². The molecule has 0 saturated heterocycles. The number of ether oxygens (including phenoxy) is 1. The highest BCUT2D eigenvalue weighted by molar-refractivity contribution is 6.45. The van der Waals surface area contributed by atoms with Gasteiger partial charge in [-0.25, -0.2) is 5.43 Å². The number of rotatable bonds is 6. The Morgan fingerprint density at radius 1 is 1.10 bits per heavy atom. The molecular weight excluding hydrogens is 366 g/mol. The Morgan fingerprint density at radius 3 is 2.59 bits per heavy atom. The van der Waals surface area contributed by atoms with Crippen LogP contribution < -0.4 is 15.6 Å². The number of carbonyl (C=O) groups excluding carboxylic acids is 1. The molecule has 0 heterocycles. The van der Waals surface area contributed by atoms with Gasteiger partial charge in [-0.15, -0.1) is 0 Å². The van der Waals surface area contributed by atoms with Crippen molar-refractivity contribution in [1.29, 1.82) is 5.26 Å². The van der Waals surface area contributed by atoms with E-state index in [1.807, 2.05) is 55.5 Å². The first-order chi connectivity index (χ1) is 14.1. The quantitative estimate of drug-likeness (QED) is 0.500. The molecule has 0 atom stereocenters. The van der Waals surface area contributed by atoms with E-state index in [9.17, 15) is 10.1 Å². The van der Waals surface area contributed by atoms with E-state index >= 15 is 0 Å². The Hall–Kier alpha value is -4.18. The summed E-state index contributed by atoms with van der Waals surface area (Å²) in [6.45, 7) is 1.96. The summed E-state index contributed by atoms with van der Waals surface area (Å²) in [6.07, 6.45) is 1.49. The average molecular weight is 385 g/mol. The highest BCUT2D eigenvalue weighted by Gasteiger charge is 2.11. The van der Waals surface area contributed by atoms with Gasteiger partial charge in [0.05, 0.1) is 19.0 Å². The summed E-state index contributed by atoms with van der Waals surface area (Å²) in [6, 6.07) is 20.7. The Morgan fingerprint density at radius 2 is 1.86 bits per heavy atom. The third-order valence-corrected chi connectivity index (χ3v) is 4.18. The second-order valence-corrected chi connectivity index (χ2v) is 6.15. The number of nitrogens with zero attached hydrogens (tertiary/aromatic N) is 3. The van der Waals surface area contributed by atoms with Gasteiger partial charge in [0, 0.05) is 5.56 Å². The smallest absolute Gasteiger partial charge is 0.302 e. The van der Waals surface area contributed by atoms with Crippen LogP contribution >= 0.6 is 0 Å². The van der Waals surface area contributed by atoms with E-state index in [4.69, 9.17) is 4.74 Å². The van der Waals surface area contributed by atoms with Crippen LogP contribution in [-0.4, -0.2) is 24.9 Å². The Kier molecular flexibility index (Phi) is 6.18. The van der Waals surface area contributed by atoms with Gasteiger partial charge in [0.25, 0.3) is 0 Å². The van der Waals surface area contributed by atoms with Gasteiger partial charge in [0.1, 0.15) is 11.8 Å². The summed E-state index contributed by atoms with van der Waals surface area (Å²) in [7, 11) is 1.57. The normalized spacial score (nSPS) is 11.3. The molecule has 144 valence electrons. The van der Waals surface area contributed by atoms with E-state index in [0.29, 0.717) is 11.4 Å². The van der Waals surface area contributed by atoms with E-state index in [0.717, 1.165) is 21.9 Å². The molecule has 3 aromatic rings. The molecule has 7 heteroatoms. The van der Waals surface area contributed by atoms with Crippen LogP contribution in [0.3, 0.4) is 0 Å². The SMILES string of the molecule is COc1ccc2ccccc2c1/C=N/NC(=O)/C(C#N)=N\Nc1ccc(C)cc1. The Balaban J connectivity index is 1.74. The van der Waals surface area contributed by atoms with Crippen molar-refractivity contribution in [2.24, 2.45) is 10.2 Å². The molecule has 0 saturated carbocycles. The number of anilines is 1. The zero-order valence-electron chi connectivity index (χ0n) is 16.0. The molecule has 0 aliphatic carbocycles. The lowest BCUT2D eigenvalue weighted by molar-refractivity contribution is -0.114. The fourth-order valence-electron chi connectivity index (χ4n) is 2.67. The molecule has 0 unspecified atom stereocenters. The molecule has 0 aliphatic heterocycles. The van der Waals surface area contributed by atoms with Gasteiger partial charge in [0.15, 0.2) is 0 Å². The third-order valence-electron chi connectivity index (χ3n) is 4.18. The highest BCUT2D eigenvalue weighted by atomic mass is 16.5. The molecule has 0 bridgehead atoms. The van der Waals surface area contributed by atoms with E-state index in [1.54, 1.807) is 25.3 Å². The van der Waals surface area contributed by atoms with Gasteiger partial charge in [0.2, 0.25) is 5.71 Å². The molecule has 3 aromatic carbocycles. The van der Waals surface area contributed by atoms with E-state index < -0.39 is 5.91 Å². The molecule has 3 rings (SSSR count). The van der Waals surface area contributed by atoms with Crippen LogP contribution in [0.25, 0.3) is 10.8 Å².